The van der Waals surface area contributed by atoms with Crippen LogP contribution in [0.1, 0.15) is 59.3 Å². The van der Waals surface area contributed by atoms with E-state index in [1.165, 1.54) is 32.1 Å². The van der Waals surface area contributed by atoms with E-state index in [9.17, 15) is 9.90 Å². The molecule has 20 heavy (non-hydrogen) atoms. The largest absolute Gasteiger partial charge is 0.466 e. The molecule has 0 bridgehead atoms. The van der Waals surface area contributed by atoms with Gasteiger partial charge in [0, 0.05) is 13.1 Å². The second-order valence-corrected chi connectivity index (χ2v) is 6.60. The molecular weight excluding hydrogens is 254 g/mol. The van der Waals surface area contributed by atoms with Crippen LogP contribution < -0.4 is 5.32 Å². The highest BCUT2D eigenvalue weighted by Crippen LogP contribution is 2.42. The van der Waals surface area contributed by atoms with Crippen molar-refractivity contribution in [3.05, 3.63) is 0 Å². The number of aliphatic hydroxyl groups is 1. The second-order valence-electron chi connectivity index (χ2n) is 6.60. The van der Waals surface area contributed by atoms with E-state index in [0.29, 0.717) is 24.5 Å². The summed E-state index contributed by atoms with van der Waals surface area (Å²) in [5.41, 5.74) is 0.401. The van der Waals surface area contributed by atoms with Crippen molar-refractivity contribution in [3.8, 4) is 0 Å². The zero-order valence-electron chi connectivity index (χ0n) is 13.3. The fourth-order valence-electron chi connectivity index (χ4n) is 3.43. The molecule has 0 aromatic rings. The van der Waals surface area contributed by atoms with Crippen LogP contribution in [-0.2, 0) is 9.53 Å². The Balaban J connectivity index is 2.28. The Morgan fingerprint density at radius 2 is 2.00 bits per heavy atom. The van der Waals surface area contributed by atoms with E-state index in [4.69, 9.17) is 4.74 Å². The van der Waals surface area contributed by atoms with E-state index >= 15 is 0 Å². The molecule has 0 heterocycles. The van der Waals surface area contributed by atoms with Crippen LogP contribution in [0.25, 0.3) is 0 Å². The lowest BCUT2D eigenvalue weighted by Gasteiger charge is -2.31. The van der Waals surface area contributed by atoms with Crippen molar-refractivity contribution in [1.82, 2.24) is 5.32 Å². The summed E-state index contributed by atoms with van der Waals surface area (Å²) in [5.74, 6) is 0.388. The number of rotatable bonds is 9. The normalized spacial score (nSPS) is 19.2. The summed E-state index contributed by atoms with van der Waals surface area (Å²) in [6.45, 7) is 8.11. The van der Waals surface area contributed by atoms with Gasteiger partial charge in [-0.15, -0.1) is 0 Å². The molecule has 118 valence electrons. The van der Waals surface area contributed by atoms with Gasteiger partial charge in [-0.1, -0.05) is 26.7 Å². The van der Waals surface area contributed by atoms with Crippen molar-refractivity contribution < 1.29 is 14.6 Å². The molecule has 1 atom stereocenters. The molecule has 2 N–H and O–H groups in total. The minimum Gasteiger partial charge on any atom is -0.466 e. The maximum absolute atomic E-state index is 11.3. The van der Waals surface area contributed by atoms with Gasteiger partial charge in [0.1, 0.15) is 0 Å². The average molecular weight is 285 g/mol. The molecule has 1 aliphatic carbocycles. The Bertz CT molecular complexity index is 285. The van der Waals surface area contributed by atoms with Crippen LogP contribution in [0.3, 0.4) is 0 Å². The molecule has 0 amide bonds. The first-order valence-electron chi connectivity index (χ1n) is 8.02. The fraction of sp³-hybridized carbons (Fsp3) is 0.938. The van der Waals surface area contributed by atoms with E-state index in [-0.39, 0.29) is 12.4 Å². The van der Waals surface area contributed by atoms with Gasteiger partial charge in [0.15, 0.2) is 0 Å². The number of aliphatic hydroxyl groups excluding tert-OH is 1. The molecule has 1 aliphatic rings. The first kappa shape index (κ1) is 17.4. The summed E-state index contributed by atoms with van der Waals surface area (Å²) in [7, 11) is 0. The number of carbonyl (C=O) groups is 1. The maximum Gasteiger partial charge on any atom is 0.308 e. The lowest BCUT2D eigenvalue weighted by atomic mass is 9.78. The highest BCUT2D eigenvalue weighted by atomic mass is 16.5. The SMILES string of the molecule is CCOC(=O)CC(O)CNCC1(CC(C)C)CCCC1. The van der Waals surface area contributed by atoms with Crippen molar-refractivity contribution in [3.63, 3.8) is 0 Å². The average Bonchev–Trinajstić information content (AvgIpc) is 2.76. The first-order chi connectivity index (χ1) is 9.47. The van der Waals surface area contributed by atoms with Crippen molar-refractivity contribution in [2.45, 2.75) is 65.4 Å². The third kappa shape index (κ3) is 6.23. The number of carbonyl (C=O) groups excluding carboxylic acids is 1. The lowest BCUT2D eigenvalue weighted by molar-refractivity contribution is -0.145. The van der Waals surface area contributed by atoms with Gasteiger partial charge in [0.25, 0.3) is 0 Å². The molecule has 1 unspecified atom stereocenters. The first-order valence-corrected chi connectivity index (χ1v) is 8.02. The summed E-state index contributed by atoms with van der Waals surface area (Å²) in [6.07, 6.45) is 5.88. The highest BCUT2D eigenvalue weighted by molar-refractivity contribution is 5.69. The summed E-state index contributed by atoms with van der Waals surface area (Å²) in [6, 6.07) is 0. The van der Waals surface area contributed by atoms with Gasteiger partial charge in [-0.2, -0.15) is 0 Å². The Morgan fingerprint density at radius 3 is 2.55 bits per heavy atom. The molecule has 0 radical (unpaired) electrons. The smallest absolute Gasteiger partial charge is 0.308 e. The number of hydrogen-bond donors (Lipinski definition) is 2. The minimum absolute atomic E-state index is 0.0814. The third-order valence-electron chi connectivity index (χ3n) is 4.09. The maximum atomic E-state index is 11.3. The number of ether oxygens (including phenoxy) is 1. The molecular formula is C16H31NO3. The second kappa shape index (κ2) is 8.63. The molecule has 1 saturated carbocycles. The van der Waals surface area contributed by atoms with Crippen LogP contribution in [0.4, 0.5) is 0 Å². The summed E-state index contributed by atoms with van der Waals surface area (Å²) in [5, 5.41) is 13.2. The van der Waals surface area contributed by atoms with Gasteiger partial charge in [0.05, 0.1) is 19.1 Å². The molecule has 0 aromatic carbocycles. The summed E-state index contributed by atoms with van der Waals surface area (Å²) < 4.78 is 4.84. The van der Waals surface area contributed by atoms with Gasteiger partial charge >= 0.3 is 5.97 Å². The van der Waals surface area contributed by atoms with Crippen LogP contribution in [0, 0.1) is 11.3 Å². The quantitative estimate of drug-likeness (QED) is 0.639. The predicted octanol–water partition coefficient (Wildman–Crippen LogP) is 2.50. The van der Waals surface area contributed by atoms with E-state index in [0.717, 1.165) is 6.54 Å². The van der Waals surface area contributed by atoms with Crippen LogP contribution in [0.2, 0.25) is 0 Å². The zero-order valence-corrected chi connectivity index (χ0v) is 13.3. The monoisotopic (exact) mass is 285 g/mol. The zero-order chi connectivity index (χ0) is 15.0. The topological polar surface area (TPSA) is 58.6 Å². The van der Waals surface area contributed by atoms with Crippen LogP contribution in [0.5, 0.6) is 0 Å². The standard InChI is InChI=1S/C16H31NO3/c1-4-20-15(19)9-14(18)11-17-12-16(10-13(2)3)7-5-6-8-16/h13-14,17-18H,4-12H2,1-3H3. The number of nitrogens with one attached hydrogen (secondary N) is 1. The van der Waals surface area contributed by atoms with Gasteiger partial charge in [0.2, 0.25) is 0 Å². The number of esters is 1. The molecule has 4 nitrogen and oxygen atoms in total. The fourth-order valence-corrected chi connectivity index (χ4v) is 3.43. The van der Waals surface area contributed by atoms with Gasteiger partial charge in [-0.25, -0.2) is 0 Å². The summed E-state index contributed by atoms with van der Waals surface area (Å²) in [4.78, 5) is 11.3. The van der Waals surface area contributed by atoms with E-state index in [2.05, 4.69) is 19.2 Å². The highest BCUT2D eigenvalue weighted by Gasteiger charge is 2.33. The molecule has 0 spiro atoms. The Hall–Kier alpha value is -0.610. The van der Waals surface area contributed by atoms with Crippen LogP contribution in [0.15, 0.2) is 0 Å². The molecule has 0 aromatic heterocycles. The molecule has 0 aliphatic heterocycles. The summed E-state index contributed by atoms with van der Waals surface area (Å²) >= 11 is 0. The molecule has 1 rings (SSSR count). The minimum atomic E-state index is -0.647. The van der Waals surface area contributed by atoms with Crippen molar-refractivity contribution in [1.29, 1.82) is 0 Å². The molecule has 4 heteroatoms. The molecule has 0 saturated heterocycles. The molecule has 1 fully saturated rings. The van der Waals surface area contributed by atoms with Crippen LogP contribution >= 0.6 is 0 Å². The van der Waals surface area contributed by atoms with Gasteiger partial charge in [-0.3, -0.25) is 4.79 Å². The van der Waals surface area contributed by atoms with Crippen molar-refractivity contribution >= 4 is 5.97 Å². The van der Waals surface area contributed by atoms with Crippen molar-refractivity contribution in [2.75, 3.05) is 19.7 Å². The van der Waals surface area contributed by atoms with Gasteiger partial charge < -0.3 is 15.2 Å². The predicted molar refractivity (Wildman–Crippen MR) is 80.5 cm³/mol. The van der Waals surface area contributed by atoms with Crippen LogP contribution in [-0.4, -0.2) is 36.9 Å². The Labute approximate surface area is 123 Å². The number of hydrogen-bond acceptors (Lipinski definition) is 4. The Kier molecular flexibility index (Phi) is 7.52. The van der Waals surface area contributed by atoms with E-state index < -0.39 is 6.10 Å². The van der Waals surface area contributed by atoms with E-state index in [1.807, 2.05) is 0 Å². The third-order valence-corrected chi connectivity index (χ3v) is 4.09. The van der Waals surface area contributed by atoms with E-state index in [1.54, 1.807) is 6.92 Å². The van der Waals surface area contributed by atoms with Gasteiger partial charge in [-0.05, 0) is 37.5 Å². The Morgan fingerprint density at radius 1 is 1.35 bits per heavy atom. The lowest BCUT2D eigenvalue weighted by Crippen LogP contribution is -2.38. The van der Waals surface area contributed by atoms with Crippen molar-refractivity contribution in [2.24, 2.45) is 11.3 Å².